The monoisotopic (exact) mass is 468 g/mol. The van der Waals surface area contributed by atoms with Crippen LogP contribution in [0.5, 0.6) is 0 Å². The van der Waals surface area contributed by atoms with Gasteiger partial charge < -0.3 is 5.11 Å². The van der Waals surface area contributed by atoms with Crippen LogP contribution in [-0.4, -0.2) is 30.6 Å². The lowest BCUT2D eigenvalue weighted by molar-refractivity contribution is 0.0699. The largest absolute Gasteiger partial charge is 0.478 e. The van der Waals surface area contributed by atoms with E-state index in [0.717, 1.165) is 6.20 Å². The van der Waals surface area contributed by atoms with Gasteiger partial charge in [-0.2, -0.15) is 4.39 Å². The Hall–Kier alpha value is -3.98. The van der Waals surface area contributed by atoms with Crippen LogP contribution in [0.25, 0.3) is 38.8 Å². The molecule has 5 aromatic rings. The van der Waals surface area contributed by atoms with Crippen LogP contribution < -0.4 is 0 Å². The third-order valence-corrected chi connectivity index (χ3v) is 5.59. The molecule has 5 rings (SSSR count). The van der Waals surface area contributed by atoms with Gasteiger partial charge in [0.1, 0.15) is 22.7 Å². The van der Waals surface area contributed by atoms with Crippen LogP contribution in [0.15, 0.2) is 48.8 Å². The summed E-state index contributed by atoms with van der Waals surface area (Å²) in [5.41, 5.74) is 0.469. The van der Waals surface area contributed by atoms with E-state index < -0.39 is 23.6 Å². The van der Waals surface area contributed by atoms with Gasteiger partial charge in [0.15, 0.2) is 5.82 Å². The normalized spacial score (nSPS) is 11.4. The number of aromatic carboxylic acids is 1. The Kier molecular flexibility index (Phi) is 4.79. The van der Waals surface area contributed by atoms with Crippen molar-refractivity contribution in [3.8, 4) is 16.8 Å². The van der Waals surface area contributed by atoms with Crippen LogP contribution >= 0.6 is 11.6 Å². The second kappa shape index (κ2) is 7.56. The molecule has 164 valence electrons. The maximum absolute atomic E-state index is 14.5. The van der Waals surface area contributed by atoms with Gasteiger partial charge >= 0.3 is 5.97 Å². The number of carbonyl (C=O) groups is 1. The van der Waals surface area contributed by atoms with E-state index in [1.165, 1.54) is 36.5 Å². The average molecular weight is 469 g/mol. The summed E-state index contributed by atoms with van der Waals surface area (Å²) in [7, 11) is 0. The molecular weight excluding hydrogens is 457 g/mol. The standard InChI is InChI=1S/C23H12ClF3N4O2/c1-10-30-20-14(23(32)33)7-11(12-5-6-28-22(27)18(12)26)8-17(20)31(10)21-13-3-2-4-16(25)19(13)29-9-15(21)24/h2-9H,1H3,(H,32,33). The average Bonchev–Trinajstić information content (AvgIpc) is 3.10. The van der Waals surface area contributed by atoms with Crippen LogP contribution in [0.4, 0.5) is 13.2 Å². The van der Waals surface area contributed by atoms with Crippen LogP contribution in [0, 0.1) is 24.5 Å². The van der Waals surface area contributed by atoms with Gasteiger partial charge in [-0.3, -0.25) is 9.55 Å². The predicted octanol–water partition coefficient (Wildman–Crippen LogP) is 5.71. The molecule has 3 heterocycles. The topological polar surface area (TPSA) is 80.9 Å². The highest BCUT2D eigenvalue weighted by Gasteiger charge is 2.23. The summed E-state index contributed by atoms with van der Waals surface area (Å²) in [5, 5.41) is 10.3. The van der Waals surface area contributed by atoms with Gasteiger partial charge in [0.2, 0.25) is 5.95 Å². The van der Waals surface area contributed by atoms with Gasteiger partial charge in [-0.1, -0.05) is 23.7 Å². The number of carboxylic acids is 1. The van der Waals surface area contributed by atoms with Crippen molar-refractivity contribution in [2.75, 3.05) is 0 Å². The molecule has 0 unspecified atom stereocenters. The van der Waals surface area contributed by atoms with Crippen LogP contribution in [-0.2, 0) is 0 Å². The van der Waals surface area contributed by atoms with E-state index >= 15 is 0 Å². The molecule has 33 heavy (non-hydrogen) atoms. The first-order chi connectivity index (χ1) is 15.8. The fourth-order valence-corrected chi connectivity index (χ4v) is 4.15. The van der Waals surface area contributed by atoms with E-state index in [9.17, 15) is 23.1 Å². The highest BCUT2D eigenvalue weighted by molar-refractivity contribution is 6.33. The molecular formula is C23H12ClF3N4O2. The fourth-order valence-electron chi connectivity index (χ4n) is 3.91. The summed E-state index contributed by atoms with van der Waals surface area (Å²) in [4.78, 5) is 23.7. The number of hydrogen-bond donors (Lipinski definition) is 1. The summed E-state index contributed by atoms with van der Waals surface area (Å²) in [6.45, 7) is 1.62. The lowest BCUT2D eigenvalue weighted by atomic mass is 10.0. The number of pyridine rings is 2. The molecule has 0 aliphatic carbocycles. The molecule has 0 fully saturated rings. The number of fused-ring (bicyclic) bond motifs is 2. The van der Waals surface area contributed by atoms with Gasteiger partial charge in [-0.05, 0) is 36.8 Å². The van der Waals surface area contributed by atoms with Crippen molar-refractivity contribution in [3.63, 3.8) is 0 Å². The lowest BCUT2D eigenvalue weighted by Gasteiger charge is -2.14. The van der Waals surface area contributed by atoms with Gasteiger partial charge in [-0.15, -0.1) is 0 Å². The number of rotatable bonds is 3. The molecule has 3 aromatic heterocycles. The second-order valence-corrected chi connectivity index (χ2v) is 7.65. The van der Waals surface area contributed by atoms with Crippen molar-refractivity contribution in [3.05, 3.63) is 82.8 Å². The number of aromatic nitrogens is 4. The maximum Gasteiger partial charge on any atom is 0.337 e. The van der Waals surface area contributed by atoms with Crippen LogP contribution in [0.1, 0.15) is 16.2 Å². The first-order valence-electron chi connectivity index (χ1n) is 9.57. The number of carboxylic acid groups (broad SMARTS) is 1. The number of imidazole rings is 1. The van der Waals surface area contributed by atoms with E-state index in [1.54, 1.807) is 17.6 Å². The quantitative estimate of drug-likeness (QED) is 0.343. The Morgan fingerprint density at radius 3 is 2.64 bits per heavy atom. The Labute approximate surface area is 188 Å². The van der Waals surface area contributed by atoms with Crippen molar-refractivity contribution in [1.82, 2.24) is 19.5 Å². The molecule has 0 amide bonds. The number of aryl methyl sites for hydroxylation is 1. The molecule has 0 saturated carbocycles. The SMILES string of the molecule is Cc1nc2c(C(=O)O)cc(-c3ccnc(F)c3F)cc2n1-c1c(Cl)cnc2c(F)cccc12. The van der Waals surface area contributed by atoms with Gasteiger partial charge in [0.05, 0.1) is 21.8 Å². The number of para-hydroxylation sites is 1. The molecule has 0 atom stereocenters. The zero-order valence-corrected chi connectivity index (χ0v) is 17.5. The molecule has 0 saturated heterocycles. The number of nitrogens with zero attached hydrogens (tertiary/aromatic N) is 4. The summed E-state index contributed by atoms with van der Waals surface area (Å²) in [6.07, 6.45) is 2.37. The summed E-state index contributed by atoms with van der Waals surface area (Å²) in [6, 6.07) is 8.30. The predicted molar refractivity (Wildman–Crippen MR) is 116 cm³/mol. The van der Waals surface area contributed by atoms with Crippen LogP contribution in [0.3, 0.4) is 0 Å². The molecule has 6 nitrogen and oxygen atoms in total. The Morgan fingerprint density at radius 2 is 1.88 bits per heavy atom. The Morgan fingerprint density at radius 1 is 1.09 bits per heavy atom. The zero-order valence-electron chi connectivity index (χ0n) is 16.8. The minimum atomic E-state index is -1.31. The minimum Gasteiger partial charge on any atom is -0.478 e. The van der Waals surface area contributed by atoms with E-state index in [1.807, 2.05) is 0 Å². The van der Waals surface area contributed by atoms with E-state index in [4.69, 9.17) is 11.6 Å². The van der Waals surface area contributed by atoms with Crippen molar-refractivity contribution in [2.24, 2.45) is 0 Å². The zero-order chi connectivity index (χ0) is 23.4. The highest BCUT2D eigenvalue weighted by Crippen LogP contribution is 2.36. The van der Waals surface area contributed by atoms with Crippen molar-refractivity contribution >= 4 is 39.5 Å². The van der Waals surface area contributed by atoms with Crippen molar-refractivity contribution < 1.29 is 23.1 Å². The maximum atomic E-state index is 14.5. The van der Waals surface area contributed by atoms with Gasteiger partial charge in [-0.25, -0.2) is 23.5 Å². The summed E-state index contributed by atoms with van der Waals surface area (Å²) >= 11 is 6.46. The first-order valence-corrected chi connectivity index (χ1v) is 9.95. The number of benzene rings is 2. The van der Waals surface area contributed by atoms with Crippen molar-refractivity contribution in [2.45, 2.75) is 6.92 Å². The lowest BCUT2D eigenvalue weighted by Crippen LogP contribution is -2.03. The summed E-state index contributed by atoms with van der Waals surface area (Å²) < 4.78 is 44.2. The number of halogens is 4. The van der Waals surface area contributed by atoms with E-state index in [2.05, 4.69) is 15.0 Å². The molecule has 0 radical (unpaired) electrons. The molecule has 10 heteroatoms. The smallest absolute Gasteiger partial charge is 0.337 e. The minimum absolute atomic E-state index is 0.0648. The molecule has 0 aliphatic rings. The van der Waals surface area contributed by atoms with E-state index in [0.29, 0.717) is 16.9 Å². The fraction of sp³-hybridized carbons (Fsp3) is 0.0435. The highest BCUT2D eigenvalue weighted by atomic mass is 35.5. The third-order valence-electron chi connectivity index (χ3n) is 5.31. The van der Waals surface area contributed by atoms with Gasteiger partial charge in [0, 0.05) is 23.3 Å². The second-order valence-electron chi connectivity index (χ2n) is 7.25. The van der Waals surface area contributed by atoms with Gasteiger partial charge in [0.25, 0.3) is 0 Å². The van der Waals surface area contributed by atoms with Crippen LogP contribution in [0.2, 0.25) is 5.02 Å². The molecule has 2 aromatic carbocycles. The summed E-state index contributed by atoms with van der Waals surface area (Å²) in [5.74, 6) is -4.05. The molecule has 0 bridgehead atoms. The van der Waals surface area contributed by atoms with Crippen molar-refractivity contribution in [1.29, 1.82) is 0 Å². The van der Waals surface area contributed by atoms with E-state index in [-0.39, 0.29) is 38.3 Å². The third kappa shape index (κ3) is 3.20. The Bertz CT molecular complexity index is 1620. The molecule has 0 aliphatic heterocycles. The molecule has 1 N–H and O–H groups in total. The Balaban J connectivity index is 1.93. The number of hydrogen-bond acceptors (Lipinski definition) is 4. The first kappa shape index (κ1) is 20.9. The molecule has 0 spiro atoms.